The first-order valence-electron chi connectivity index (χ1n) is 10.8. The van der Waals surface area contributed by atoms with Crippen LogP contribution in [-0.2, 0) is 10.0 Å². The van der Waals surface area contributed by atoms with Crippen molar-refractivity contribution in [2.24, 2.45) is 0 Å². The number of aromatic nitrogens is 1. The molecule has 0 N–H and O–H groups in total. The molecule has 9 heteroatoms. The molecule has 2 aliphatic rings. The number of piperidine rings is 2. The summed E-state index contributed by atoms with van der Waals surface area (Å²) in [5.41, 5.74) is 1.61. The van der Waals surface area contributed by atoms with Crippen LogP contribution in [0.4, 0.5) is 0 Å². The third-order valence-electron chi connectivity index (χ3n) is 6.14. The predicted octanol–water partition coefficient (Wildman–Crippen LogP) is 3.62. The van der Waals surface area contributed by atoms with Crippen LogP contribution in [0.15, 0.2) is 50.3 Å². The maximum Gasteiger partial charge on any atom is 0.289 e. The molecule has 0 spiro atoms. The van der Waals surface area contributed by atoms with Gasteiger partial charge in [0.05, 0.1) is 0 Å². The zero-order chi connectivity index (χ0) is 21.4. The van der Waals surface area contributed by atoms with Gasteiger partial charge in [-0.1, -0.05) is 18.6 Å². The summed E-state index contributed by atoms with van der Waals surface area (Å²) in [6.07, 6.45) is 4.20. The molecule has 1 amide bonds. The van der Waals surface area contributed by atoms with Crippen molar-refractivity contribution in [3.63, 3.8) is 0 Å². The van der Waals surface area contributed by atoms with E-state index < -0.39 is 10.0 Å². The van der Waals surface area contributed by atoms with Gasteiger partial charge in [-0.05, 0) is 49.9 Å². The normalized spacial score (nSPS) is 19.2. The van der Waals surface area contributed by atoms with E-state index in [0.717, 1.165) is 43.2 Å². The fraction of sp³-hybridized carbons (Fsp3) is 0.455. The Balaban J connectivity index is 1.24. The molecular weight excluding hydrogens is 418 g/mol. The lowest BCUT2D eigenvalue weighted by molar-refractivity contribution is 0.0668. The number of fused-ring (bicyclic) bond motifs is 1. The number of hydrogen-bond donors (Lipinski definition) is 0. The largest absolute Gasteiger partial charge is 0.440 e. The Morgan fingerprint density at radius 3 is 2.42 bits per heavy atom. The monoisotopic (exact) mass is 443 g/mol. The van der Waals surface area contributed by atoms with E-state index in [2.05, 4.69) is 4.98 Å². The van der Waals surface area contributed by atoms with Crippen molar-refractivity contribution < 1.29 is 22.0 Å². The van der Waals surface area contributed by atoms with E-state index in [-0.39, 0.29) is 22.7 Å². The Bertz CT molecular complexity index is 1150. The number of carbonyl (C=O) groups excluding carboxylic acids is 1. The fourth-order valence-corrected chi connectivity index (χ4v) is 5.78. The molecule has 0 bridgehead atoms. The van der Waals surface area contributed by atoms with E-state index in [4.69, 9.17) is 8.83 Å². The van der Waals surface area contributed by atoms with Gasteiger partial charge in [0.25, 0.3) is 15.9 Å². The minimum atomic E-state index is -3.69. The maximum atomic E-state index is 12.9. The van der Waals surface area contributed by atoms with Crippen LogP contribution in [0.2, 0.25) is 0 Å². The second kappa shape index (κ2) is 8.12. The topological polar surface area (TPSA) is 96.9 Å². The molecule has 1 aromatic carbocycles. The van der Waals surface area contributed by atoms with Crippen molar-refractivity contribution in [1.82, 2.24) is 14.2 Å². The first-order valence-corrected chi connectivity index (χ1v) is 12.2. The highest BCUT2D eigenvalue weighted by Gasteiger charge is 2.32. The summed E-state index contributed by atoms with van der Waals surface area (Å²) in [5.74, 6) is 0.649. The molecule has 0 radical (unpaired) electrons. The molecule has 8 nitrogen and oxygen atoms in total. The zero-order valence-electron chi connectivity index (χ0n) is 17.2. The molecule has 2 aliphatic heterocycles. The number of rotatable bonds is 4. The number of carbonyl (C=O) groups is 1. The van der Waals surface area contributed by atoms with Crippen LogP contribution in [0.25, 0.3) is 11.1 Å². The zero-order valence-corrected chi connectivity index (χ0v) is 18.0. The van der Waals surface area contributed by atoms with E-state index >= 15 is 0 Å². The van der Waals surface area contributed by atoms with Gasteiger partial charge in [0, 0.05) is 32.1 Å². The molecule has 5 rings (SSSR count). The third-order valence-corrected chi connectivity index (χ3v) is 7.92. The number of sulfonamides is 1. The van der Waals surface area contributed by atoms with Crippen molar-refractivity contribution in [3.8, 4) is 0 Å². The Morgan fingerprint density at radius 2 is 1.68 bits per heavy atom. The van der Waals surface area contributed by atoms with Gasteiger partial charge in [-0.2, -0.15) is 4.31 Å². The van der Waals surface area contributed by atoms with Crippen LogP contribution in [0, 0.1) is 0 Å². The van der Waals surface area contributed by atoms with Crippen molar-refractivity contribution >= 4 is 27.0 Å². The van der Waals surface area contributed by atoms with Gasteiger partial charge < -0.3 is 13.7 Å². The van der Waals surface area contributed by atoms with E-state index in [1.807, 2.05) is 24.3 Å². The number of likely N-dealkylation sites (tertiary alicyclic amines) is 1. The Labute approximate surface area is 180 Å². The highest BCUT2D eigenvalue weighted by molar-refractivity contribution is 7.89. The minimum absolute atomic E-state index is 0.0656. The number of para-hydroxylation sites is 2. The molecule has 0 aliphatic carbocycles. The van der Waals surface area contributed by atoms with Crippen LogP contribution >= 0.6 is 0 Å². The smallest absolute Gasteiger partial charge is 0.289 e. The van der Waals surface area contributed by atoms with Crippen LogP contribution in [-0.4, -0.2) is 54.7 Å². The maximum absolute atomic E-state index is 12.9. The van der Waals surface area contributed by atoms with E-state index in [9.17, 15) is 13.2 Å². The highest BCUT2D eigenvalue weighted by Crippen LogP contribution is 2.31. The summed E-state index contributed by atoms with van der Waals surface area (Å²) in [6, 6.07) is 10.5. The SMILES string of the molecule is O=C(c1ccc(S(=O)(=O)N2CCCCC2)o1)N1CCC(c2nc3ccccc3o2)CC1. The molecule has 4 heterocycles. The second-order valence-electron chi connectivity index (χ2n) is 8.17. The van der Waals surface area contributed by atoms with Crippen molar-refractivity contribution in [1.29, 1.82) is 0 Å². The molecule has 0 unspecified atom stereocenters. The third kappa shape index (κ3) is 3.87. The fourth-order valence-electron chi connectivity index (χ4n) is 4.36. The number of amides is 1. The standard InChI is InChI=1S/C22H25N3O5S/c26-22(19-8-9-20(29-19)31(27,28)25-12-4-1-5-13-25)24-14-10-16(11-15-24)21-23-17-6-2-3-7-18(17)30-21/h2-3,6-9,16H,1,4-5,10-15H2. The first-order chi connectivity index (χ1) is 15.0. The lowest BCUT2D eigenvalue weighted by Gasteiger charge is -2.30. The van der Waals surface area contributed by atoms with Gasteiger partial charge in [0.2, 0.25) is 5.09 Å². The number of oxazole rings is 1. The molecule has 0 atom stereocenters. The van der Waals surface area contributed by atoms with Crippen LogP contribution in [0.1, 0.15) is 54.5 Å². The molecule has 2 aromatic heterocycles. The van der Waals surface area contributed by atoms with Crippen LogP contribution in [0.5, 0.6) is 0 Å². The Hall–Kier alpha value is -2.65. The van der Waals surface area contributed by atoms with Crippen molar-refractivity contribution in [2.45, 2.75) is 43.1 Å². The molecule has 2 saturated heterocycles. The average Bonchev–Trinajstić information content (AvgIpc) is 3.47. The van der Waals surface area contributed by atoms with Gasteiger partial charge in [-0.3, -0.25) is 4.79 Å². The molecule has 3 aromatic rings. The molecular formula is C22H25N3O5S. The van der Waals surface area contributed by atoms with E-state index in [0.29, 0.717) is 32.1 Å². The number of benzene rings is 1. The van der Waals surface area contributed by atoms with Gasteiger partial charge in [-0.25, -0.2) is 13.4 Å². The quantitative estimate of drug-likeness (QED) is 0.611. The summed E-state index contributed by atoms with van der Waals surface area (Å²) in [7, 11) is -3.69. The first kappa shape index (κ1) is 20.3. The van der Waals surface area contributed by atoms with Gasteiger partial charge >= 0.3 is 0 Å². The lowest BCUT2D eigenvalue weighted by Crippen LogP contribution is -2.38. The van der Waals surface area contributed by atoms with Crippen LogP contribution < -0.4 is 0 Å². The van der Waals surface area contributed by atoms with Gasteiger partial charge in [0.15, 0.2) is 17.2 Å². The number of furan rings is 1. The van der Waals surface area contributed by atoms with Gasteiger partial charge in [0.1, 0.15) is 5.52 Å². The summed E-state index contributed by atoms with van der Waals surface area (Å²) >= 11 is 0. The second-order valence-corrected chi connectivity index (χ2v) is 10.0. The molecule has 31 heavy (non-hydrogen) atoms. The van der Waals surface area contributed by atoms with Crippen LogP contribution in [0.3, 0.4) is 0 Å². The number of nitrogens with zero attached hydrogens (tertiary/aromatic N) is 3. The number of hydrogen-bond acceptors (Lipinski definition) is 6. The summed E-state index contributed by atoms with van der Waals surface area (Å²) in [5, 5.41) is -0.154. The van der Waals surface area contributed by atoms with E-state index in [1.165, 1.54) is 16.4 Å². The molecule has 2 fully saturated rings. The Morgan fingerprint density at radius 1 is 0.935 bits per heavy atom. The minimum Gasteiger partial charge on any atom is -0.440 e. The van der Waals surface area contributed by atoms with Crippen molar-refractivity contribution in [3.05, 3.63) is 48.0 Å². The summed E-state index contributed by atoms with van der Waals surface area (Å²) in [4.78, 5) is 19.2. The molecule has 164 valence electrons. The van der Waals surface area contributed by atoms with E-state index in [1.54, 1.807) is 4.90 Å². The summed E-state index contributed by atoms with van der Waals surface area (Å²) in [6.45, 7) is 2.07. The predicted molar refractivity (Wildman–Crippen MR) is 113 cm³/mol. The molecule has 0 saturated carbocycles. The van der Waals surface area contributed by atoms with Gasteiger partial charge in [-0.15, -0.1) is 0 Å². The average molecular weight is 444 g/mol. The highest BCUT2D eigenvalue weighted by atomic mass is 32.2. The van der Waals surface area contributed by atoms with Crippen molar-refractivity contribution in [2.75, 3.05) is 26.2 Å². The Kier molecular flexibility index (Phi) is 5.31. The lowest BCUT2D eigenvalue weighted by atomic mass is 9.96. The summed E-state index contributed by atoms with van der Waals surface area (Å²) < 4.78 is 38.4.